The van der Waals surface area contributed by atoms with Crippen molar-refractivity contribution in [2.75, 3.05) is 11.9 Å². The smallest absolute Gasteiger partial charge is 0.242 e. The second-order valence-electron chi connectivity index (χ2n) is 4.40. The number of carbonyl (C=O) groups is 1. The van der Waals surface area contributed by atoms with Crippen LogP contribution in [0.5, 0.6) is 0 Å². The zero-order chi connectivity index (χ0) is 14.5. The molecule has 5 N–H and O–H groups in total. The standard InChI is InChI=1S/C13H17N5OS/c1-8-2-3-9(6-16-8)13-18-11(7-20-13)17-12(19)10(15)4-5-14/h2-3,6-7,10H,4-5,14-15H2,1H3,(H,17,19)/t10-/m0/s1. The number of carbonyl (C=O) groups excluding carboxylic acids is 1. The molecule has 0 aliphatic rings. The highest BCUT2D eigenvalue weighted by atomic mass is 32.1. The van der Waals surface area contributed by atoms with Gasteiger partial charge in [0, 0.05) is 22.8 Å². The minimum Gasteiger partial charge on any atom is -0.330 e. The molecular weight excluding hydrogens is 274 g/mol. The van der Waals surface area contributed by atoms with Gasteiger partial charge in [-0.2, -0.15) is 0 Å². The van der Waals surface area contributed by atoms with Crippen LogP contribution in [0.15, 0.2) is 23.7 Å². The van der Waals surface area contributed by atoms with Crippen LogP contribution in [0.3, 0.4) is 0 Å². The van der Waals surface area contributed by atoms with Gasteiger partial charge in [-0.15, -0.1) is 11.3 Å². The molecule has 1 amide bonds. The van der Waals surface area contributed by atoms with Crippen molar-refractivity contribution in [2.24, 2.45) is 11.5 Å². The van der Waals surface area contributed by atoms with E-state index in [1.807, 2.05) is 19.1 Å². The van der Waals surface area contributed by atoms with E-state index in [1.54, 1.807) is 11.6 Å². The van der Waals surface area contributed by atoms with Crippen LogP contribution in [0, 0.1) is 6.92 Å². The molecule has 106 valence electrons. The number of aryl methyl sites for hydroxylation is 1. The lowest BCUT2D eigenvalue weighted by atomic mass is 10.2. The Kier molecular flexibility index (Phi) is 4.78. The summed E-state index contributed by atoms with van der Waals surface area (Å²) in [5, 5.41) is 5.27. The van der Waals surface area contributed by atoms with Crippen molar-refractivity contribution in [1.29, 1.82) is 0 Å². The molecule has 0 saturated carbocycles. The van der Waals surface area contributed by atoms with Crippen LogP contribution < -0.4 is 16.8 Å². The van der Waals surface area contributed by atoms with E-state index in [0.29, 0.717) is 18.8 Å². The summed E-state index contributed by atoms with van der Waals surface area (Å²) in [5.74, 6) is 0.234. The molecule has 2 aromatic heterocycles. The van der Waals surface area contributed by atoms with Gasteiger partial charge in [0.25, 0.3) is 0 Å². The first-order chi connectivity index (χ1) is 9.60. The molecule has 2 heterocycles. The molecule has 0 unspecified atom stereocenters. The van der Waals surface area contributed by atoms with Crippen molar-refractivity contribution in [3.05, 3.63) is 29.4 Å². The Morgan fingerprint density at radius 2 is 2.30 bits per heavy atom. The van der Waals surface area contributed by atoms with Gasteiger partial charge in [0.1, 0.15) is 10.8 Å². The molecule has 0 saturated heterocycles. The van der Waals surface area contributed by atoms with E-state index in [-0.39, 0.29) is 5.91 Å². The van der Waals surface area contributed by atoms with E-state index in [1.165, 1.54) is 11.3 Å². The molecule has 7 heteroatoms. The zero-order valence-corrected chi connectivity index (χ0v) is 12.0. The zero-order valence-electron chi connectivity index (χ0n) is 11.2. The maximum absolute atomic E-state index is 11.8. The Morgan fingerprint density at radius 1 is 1.50 bits per heavy atom. The number of amides is 1. The van der Waals surface area contributed by atoms with Crippen LogP contribution in [0.2, 0.25) is 0 Å². The largest absolute Gasteiger partial charge is 0.330 e. The number of thiazole rings is 1. The minimum atomic E-state index is -0.605. The second kappa shape index (κ2) is 6.56. The summed E-state index contributed by atoms with van der Waals surface area (Å²) in [6.07, 6.45) is 2.21. The number of nitrogens with one attached hydrogen (secondary N) is 1. The summed E-state index contributed by atoms with van der Waals surface area (Å²) in [6, 6.07) is 3.27. The number of rotatable bonds is 5. The topological polar surface area (TPSA) is 107 Å². The SMILES string of the molecule is Cc1ccc(-c2nc(NC(=O)[C@@H](N)CCN)cs2)cn1. The first kappa shape index (κ1) is 14.6. The number of nitrogens with two attached hydrogens (primary N) is 2. The van der Waals surface area contributed by atoms with Gasteiger partial charge < -0.3 is 16.8 Å². The predicted octanol–water partition coefficient (Wildman–Crippen LogP) is 1.13. The van der Waals surface area contributed by atoms with Crippen LogP contribution >= 0.6 is 11.3 Å². The molecule has 0 aromatic carbocycles. The molecule has 0 bridgehead atoms. The van der Waals surface area contributed by atoms with Crippen molar-refractivity contribution in [2.45, 2.75) is 19.4 Å². The Balaban J connectivity index is 2.05. The number of hydrogen-bond donors (Lipinski definition) is 3. The summed E-state index contributed by atoms with van der Waals surface area (Å²) in [4.78, 5) is 20.3. The van der Waals surface area contributed by atoms with E-state index in [4.69, 9.17) is 11.5 Å². The first-order valence-corrected chi connectivity index (χ1v) is 7.13. The molecule has 2 rings (SSSR count). The van der Waals surface area contributed by atoms with Crippen LogP contribution in [0.25, 0.3) is 10.6 Å². The number of nitrogens with zero attached hydrogens (tertiary/aromatic N) is 2. The van der Waals surface area contributed by atoms with Gasteiger partial charge in [0.2, 0.25) is 5.91 Å². The van der Waals surface area contributed by atoms with Crippen LogP contribution in [-0.4, -0.2) is 28.5 Å². The molecule has 0 fully saturated rings. The summed E-state index contributed by atoms with van der Waals surface area (Å²) >= 11 is 1.44. The highest BCUT2D eigenvalue weighted by Gasteiger charge is 2.14. The average molecular weight is 291 g/mol. The molecule has 0 spiro atoms. The lowest BCUT2D eigenvalue weighted by Crippen LogP contribution is -2.37. The molecule has 20 heavy (non-hydrogen) atoms. The Morgan fingerprint density at radius 3 is 2.95 bits per heavy atom. The van der Waals surface area contributed by atoms with Gasteiger partial charge in [-0.05, 0) is 32.0 Å². The minimum absolute atomic E-state index is 0.269. The monoisotopic (exact) mass is 291 g/mol. The summed E-state index contributed by atoms with van der Waals surface area (Å²) in [6.45, 7) is 2.31. The van der Waals surface area contributed by atoms with Crippen LogP contribution in [0.4, 0.5) is 5.82 Å². The fourth-order valence-corrected chi connectivity index (χ4v) is 2.33. The fraction of sp³-hybridized carbons (Fsp3) is 0.308. The highest BCUT2D eigenvalue weighted by Crippen LogP contribution is 2.25. The van der Waals surface area contributed by atoms with E-state index in [9.17, 15) is 4.79 Å². The van der Waals surface area contributed by atoms with Crippen molar-refractivity contribution in [1.82, 2.24) is 9.97 Å². The maximum Gasteiger partial charge on any atom is 0.242 e. The third-order valence-corrected chi connectivity index (χ3v) is 3.62. The molecular formula is C13H17N5OS. The molecule has 0 aliphatic heterocycles. The normalized spacial score (nSPS) is 12.2. The highest BCUT2D eigenvalue weighted by molar-refractivity contribution is 7.13. The van der Waals surface area contributed by atoms with E-state index in [0.717, 1.165) is 16.3 Å². The van der Waals surface area contributed by atoms with Gasteiger partial charge in [-0.25, -0.2) is 4.98 Å². The summed E-state index contributed by atoms with van der Waals surface area (Å²) < 4.78 is 0. The van der Waals surface area contributed by atoms with Crippen molar-refractivity contribution < 1.29 is 4.79 Å². The number of anilines is 1. The van der Waals surface area contributed by atoms with Gasteiger partial charge in [0.15, 0.2) is 0 Å². The van der Waals surface area contributed by atoms with Gasteiger partial charge in [-0.1, -0.05) is 0 Å². The first-order valence-electron chi connectivity index (χ1n) is 6.25. The summed E-state index contributed by atoms with van der Waals surface area (Å²) in [5.41, 5.74) is 12.9. The van der Waals surface area contributed by atoms with E-state index >= 15 is 0 Å². The van der Waals surface area contributed by atoms with Gasteiger partial charge in [-0.3, -0.25) is 9.78 Å². The Labute approximate surface area is 121 Å². The summed E-state index contributed by atoms with van der Waals surface area (Å²) in [7, 11) is 0. The third-order valence-electron chi connectivity index (χ3n) is 2.73. The quantitative estimate of drug-likeness (QED) is 0.765. The second-order valence-corrected chi connectivity index (χ2v) is 5.26. The van der Waals surface area contributed by atoms with Gasteiger partial charge >= 0.3 is 0 Å². The van der Waals surface area contributed by atoms with E-state index < -0.39 is 6.04 Å². The molecule has 0 radical (unpaired) electrons. The molecule has 0 aliphatic carbocycles. The van der Waals surface area contributed by atoms with Crippen LogP contribution in [-0.2, 0) is 4.79 Å². The number of aromatic nitrogens is 2. The average Bonchev–Trinajstić information content (AvgIpc) is 2.88. The predicted molar refractivity (Wildman–Crippen MR) is 80.4 cm³/mol. The number of hydrogen-bond acceptors (Lipinski definition) is 6. The Bertz CT molecular complexity index is 581. The lowest BCUT2D eigenvalue weighted by Gasteiger charge is -2.08. The number of pyridine rings is 1. The van der Waals surface area contributed by atoms with Crippen molar-refractivity contribution in [3.8, 4) is 10.6 Å². The van der Waals surface area contributed by atoms with Crippen molar-refractivity contribution in [3.63, 3.8) is 0 Å². The molecule has 6 nitrogen and oxygen atoms in total. The third kappa shape index (κ3) is 3.60. The molecule has 2 aromatic rings. The van der Waals surface area contributed by atoms with Gasteiger partial charge in [0.05, 0.1) is 6.04 Å². The molecule has 1 atom stereocenters. The Hall–Kier alpha value is -1.83. The van der Waals surface area contributed by atoms with Crippen LogP contribution in [0.1, 0.15) is 12.1 Å². The maximum atomic E-state index is 11.8. The fourth-order valence-electron chi connectivity index (χ4n) is 1.59. The lowest BCUT2D eigenvalue weighted by molar-refractivity contribution is -0.117. The van der Waals surface area contributed by atoms with E-state index in [2.05, 4.69) is 15.3 Å². The van der Waals surface area contributed by atoms with Crippen molar-refractivity contribution >= 4 is 23.1 Å².